The minimum atomic E-state index is -0.174. The number of anilines is 3. The highest BCUT2D eigenvalue weighted by atomic mass is 16.5. The summed E-state index contributed by atoms with van der Waals surface area (Å²) in [5.41, 5.74) is 3.12. The molecule has 0 saturated carbocycles. The Bertz CT molecular complexity index is 953. The highest BCUT2D eigenvalue weighted by Gasteiger charge is 2.18. The van der Waals surface area contributed by atoms with Crippen molar-refractivity contribution in [3.05, 3.63) is 72.2 Å². The Hall–Kier alpha value is -3.41. The van der Waals surface area contributed by atoms with Crippen molar-refractivity contribution in [2.24, 2.45) is 0 Å². The molecule has 0 bridgehead atoms. The number of hydrogen-bond donors (Lipinski definition) is 1. The number of rotatable bonds is 7. The minimum absolute atomic E-state index is 0.132. The fourth-order valence-electron chi connectivity index (χ4n) is 2.92. The van der Waals surface area contributed by atoms with Crippen molar-refractivity contribution >= 4 is 23.1 Å². The van der Waals surface area contributed by atoms with Gasteiger partial charge in [-0.05, 0) is 69.7 Å². The maximum atomic E-state index is 12.9. The Morgan fingerprint density at radius 1 is 1.10 bits per heavy atom. The lowest BCUT2D eigenvalue weighted by molar-refractivity contribution is 0.0983. The van der Waals surface area contributed by atoms with Gasteiger partial charge in [0.1, 0.15) is 17.3 Å². The summed E-state index contributed by atoms with van der Waals surface area (Å²) in [4.78, 5) is 23.2. The van der Waals surface area contributed by atoms with Crippen LogP contribution in [-0.2, 0) is 0 Å². The average molecular weight is 390 g/mol. The van der Waals surface area contributed by atoms with Gasteiger partial charge in [-0.15, -0.1) is 0 Å². The summed E-state index contributed by atoms with van der Waals surface area (Å²) in [5.74, 6) is 1.21. The van der Waals surface area contributed by atoms with Crippen molar-refractivity contribution in [3.63, 3.8) is 0 Å². The van der Waals surface area contributed by atoms with Gasteiger partial charge in [-0.1, -0.05) is 12.1 Å². The molecule has 29 heavy (non-hydrogen) atoms. The van der Waals surface area contributed by atoms with Crippen molar-refractivity contribution in [2.45, 2.75) is 33.8 Å². The monoisotopic (exact) mass is 390 g/mol. The van der Waals surface area contributed by atoms with Crippen LogP contribution in [0.15, 0.2) is 60.9 Å². The first kappa shape index (κ1) is 20.3. The molecule has 0 aliphatic rings. The molecule has 0 saturated heterocycles. The smallest absolute Gasteiger partial charge is 0.278 e. The molecule has 0 unspecified atom stereocenters. The Labute approximate surface area is 171 Å². The molecule has 0 atom stereocenters. The molecule has 1 aromatic heterocycles. The summed E-state index contributed by atoms with van der Waals surface area (Å²) in [6.07, 6.45) is 3.20. The topological polar surface area (TPSA) is 67.4 Å². The number of aryl methyl sites for hydroxylation is 1. The van der Waals surface area contributed by atoms with Crippen LogP contribution in [0.3, 0.4) is 0 Å². The lowest BCUT2D eigenvalue weighted by Gasteiger charge is -2.21. The molecule has 0 aliphatic heterocycles. The zero-order chi connectivity index (χ0) is 20.8. The van der Waals surface area contributed by atoms with Crippen LogP contribution < -0.4 is 15.0 Å². The number of carbonyl (C=O) groups excluding carboxylic acids is 1. The molecule has 0 radical (unpaired) electrons. The van der Waals surface area contributed by atoms with Gasteiger partial charge in [-0.2, -0.15) is 0 Å². The first-order valence-electron chi connectivity index (χ1n) is 9.70. The maximum absolute atomic E-state index is 12.9. The van der Waals surface area contributed by atoms with Crippen LogP contribution in [0.5, 0.6) is 5.75 Å². The summed E-state index contributed by atoms with van der Waals surface area (Å²) in [6.45, 7) is 8.47. The van der Waals surface area contributed by atoms with E-state index in [4.69, 9.17) is 4.74 Å². The van der Waals surface area contributed by atoms with Crippen molar-refractivity contribution in [1.29, 1.82) is 0 Å². The van der Waals surface area contributed by atoms with Crippen LogP contribution in [0, 0.1) is 6.92 Å². The molecule has 6 nitrogen and oxygen atoms in total. The van der Waals surface area contributed by atoms with Gasteiger partial charge < -0.3 is 15.0 Å². The molecule has 2 aromatic carbocycles. The molecule has 0 spiro atoms. The van der Waals surface area contributed by atoms with Crippen LogP contribution in [0.1, 0.15) is 36.8 Å². The lowest BCUT2D eigenvalue weighted by atomic mass is 10.2. The highest BCUT2D eigenvalue weighted by molar-refractivity contribution is 6.04. The van der Waals surface area contributed by atoms with E-state index in [-0.39, 0.29) is 12.0 Å². The number of aromatic nitrogens is 2. The Balaban J connectivity index is 1.69. The van der Waals surface area contributed by atoms with Crippen molar-refractivity contribution < 1.29 is 9.53 Å². The predicted octanol–water partition coefficient (Wildman–Crippen LogP) is 4.98. The third kappa shape index (κ3) is 5.31. The fourth-order valence-corrected chi connectivity index (χ4v) is 2.92. The average Bonchev–Trinajstić information content (AvgIpc) is 2.70. The predicted molar refractivity (Wildman–Crippen MR) is 116 cm³/mol. The molecular weight excluding hydrogens is 364 g/mol. The number of nitrogens with one attached hydrogen (secondary N) is 1. The van der Waals surface area contributed by atoms with Crippen LogP contribution >= 0.6 is 0 Å². The van der Waals surface area contributed by atoms with E-state index in [2.05, 4.69) is 15.3 Å². The van der Waals surface area contributed by atoms with E-state index in [1.54, 1.807) is 11.1 Å². The SMILES string of the molecule is CCN(C(=O)c1cnc(Nc2ccc(OC(C)C)cc2)cn1)c1cccc(C)c1. The fraction of sp³-hybridized carbons (Fsp3) is 0.261. The molecule has 3 aromatic rings. The number of carbonyl (C=O) groups is 1. The maximum Gasteiger partial charge on any atom is 0.278 e. The molecule has 1 amide bonds. The van der Waals surface area contributed by atoms with Crippen LogP contribution in [0.25, 0.3) is 0 Å². The van der Waals surface area contributed by atoms with Gasteiger partial charge in [0.2, 0.25) is 0 Å². The third-order valence-electron chi connectivity index (χ3n) is 4.24. The van der Waals surface area contributed by atoms with Gasteiger partial charge in [-0.3, -0.25) is 4.79 Å². The van der Waals surface area contributed by atoms with Gasteiger partial charge >= 0.3 is 0 Å². The van der Waals surface area contributed by atoms with E-state index in [0.717, 1.165) is 22.7 Å². The number of benzene rings is 2. The zero-order valence-electron chi connectivity index (χ0n) is 17.2. The molecule has 1 N–H and O–H groups in total. The summed E-state index contributed by atoms with van der Waals surface area (Å²) in [6, 6.07) is 15.5. The molecule has 150 valence electrons. The second-order valence-electron chi connectivity index (χ2n) is 6.99. The highest BCUT2D eigenvalue weighted by Crippen LogP contribution is 2.21. The summed E-state index contributed by atoms with van der Waals surface area (Å²) in [5, 5.41) is 3.18. The second-order valence-corrected chi connectivity index (χ2v) is 6.99. The van der Waals surface area contributed by atoms with Crippen LogP contribution in [0.4, 0.5) is 17.2 Å². The normalized spacial score (nSPS) is 10.7. The molecule has 3 rings (SSSR count). The van der Waals surface area contributed by atoms with E-state index in [1.807, 2.05) is 76.2 Å². The van der Waals surface area contributed by atoms with E-state index in [1.165, 1.54) is 6.20 Å². The first-order valence-corrected chi connectivity index (χ1v) is 9.70. The van der Waals surface area contributed by atoms with E-state index >= 15 is 0 Å². The summed E-state index contributed by atoms with van der Waals surface area (Å²) >= 11 is 0. The third-order valence-corrected chi connectivity index (χ3v) is 4.24. The number of hydrogen-bond acceptors (Lipinski definition) is 5. The second kappa shape index (κ2) is 9.19. The Morgan fingerprint density at radius 2 is 1.86 bits per heavy atom. The first-order chi connectivity index (χ1) is 14.0. The van der Waals surface area contributed by atoms with E-state index < -0.39 is 0 Å². The largest absolute Gasteiger partial charge is 0.491 e. The molecule has 0 aliphatic carbocycles. The minimum Gasteiger partial charge on any atom is -0.491 e. The number of amides is 1. The Kier molecular flexibility index (Phi) is 6.44. The van der Waals surface area contributed by atoms with Gasteiger partial charge in [0.25, 0.3) is 5.91 Å². The van der Waals surface area contributed by atoms with Crippen LogP contribution in [0.2, 0.25) is 0 Å². The summed E-state index contributed by atoms with van der Waals surface area (Å²) < 4.78 is 5.64. The van der Waals surface area contributed by atoms with E-state index in [9.17, 15) is 4.79 Å². The van der Waals surface area contributed by atoms with Crippen molar-refractivity contribution in [2.75, 3.05) is 16.8 Å². The van der Waals surface area contributed by atoms with Gasteiger partial charge in [0.05, 0.1) is 18.5 Å². The molecule has 1 heterocycles. The van der Waals surface area contributed by atoms with Crippen LogP contribution in [-0.4, -0.2) is 28.5 Å². The quantitative estimate of drug-likeness (QED) is 0.616. The van der Waals surface area contributed by atoms with Crippen molar-refractivity contribution in [1.82, 2.24) is 9.97 Å². The van der Waals surface area contributed by atoms with Gasteiger partial charge in [0, 0.05) is 17.9 Å². The van der Waals surface area contributed by atoms with E-state index in [0.29, 0.717) is 18.1 Å². The van der Waals surface area contributed by atoms with Gasteiger partial charge in [0.15, 0.2) is 0 Å². The lowest BCUT2D eigenvalue weighted by Crippen LogP contribution is -2.31. The molecule has 6 heteroatoms. The zero-order valence-corrected chi connectivity index (χ0v) is 17.2. The number of nitrogens with zero attached hydrogens (tertiary/aromatic N) is 3. The molecule has 0 fully saturated rings. The van der Waals surface area contributed by atoms with Gasteiger partial charge in [-0.25, -0.2) is 9.97 Å². The Morgan fingerprint density at radius 3 is 2.45 bits per heavy atom. The number of ether oxygens (including phenoxy) is 1. The molecular formula is C23H26N4O2. The standard InChI is InChI=1S/C23H26N4O2/c1-5-27(19-8-6-7-17(4)13-19)23(28)21-14-25-22(15-24-21)26-18-9-11-20(12-10-18)29-16(2)3/h6-16H,5H2,1-4H3,(H,25,26). The van der Waals surface area contributed by atoms with Crippen molar-refractivity contribution in [3.8, 4) is 5.75 Å². The summed E-state index contributed by atoms with van der Waals surface area (Å²) in [7, 11) is 0.